The van der Waals surface area contributed by atoms with E-state index >= 15 is 0 Å². The van der Waals surface area contributed by atoms with Crippen molar-refractivity contribution in [1.29, 1.82) is 0 Å². The Labute approximate surface area is 131 Å². The van der Waals surface area contributed by atoms with E-state index < -0.39 is 0 Å². The van der Waals surface area contributed by atoms with Gasteiger partial charge in [-0.25, -0.2) is 0 Å². The van der Waals surface area contributed by atoms with Crippen LogP contribution in [0.5, 0.6) is 0 Å². The van der Waals surface area contributed by atoms with Crippen molar-refractivity contribution < 1.29 is 4.79 Å². The van der Waals surface area contributed by atoms with Gasteiger partial charge in [0.15, 0.2) is 0 Å². The molecule has 3 heteroatoms. The van der Waals surface area contributed by atoms with Crippen molar-refractivity contribution in [1.82, 2.24) is 5.32 Å². The number of hydrogen-bond acceptors (Lipinski definition) is 2. The van der Waals surface area contributed by atoms with Crippen LogP contribution in [0.4, 0.5) is 0 Å². The summed E-state index contributed by atoms with van der Waals surface area (Å²) in [5.74, 6) is 0.476. The first kappa shape index (κ1) is 14.8. The molecule has 1 fully saturated rings. The van der Waals surface area contributed by atoms with Gasteiger partial charge < -0.3 is 11.1 Å². The van der Waals surface area contributed by atoms with Crippen molar-refractivity contribution in [2.24, 2.45) is 11.7 Å². The lowest BCUT2D eigenvalue weighted by Crippen LogP contribution is -2.53. The predicted octanol–water partition coefficient (Wildman–Crippen LogP) is 3.21. The van der Waals surface area contributed by atoms with Crippen molar-refractivity contribution in [2.75, 3.05) is 6.54 Å². The molecule has 22 heavy (non-hydrogen) atoms. The summed E-state index contributed by atoms with van der Waals surface area (Å²) in [6, 6.07) is 17.9. The molecule has 1 atom stereocenters. The van der Waals surface area contributed by atoms with Gasteiger partial charge in [0, 0.05) is 12.1 Å². The minimum absolute atomic E-state index is 0.0422. The fraction of sp³-hybridized carbons (Fsp3) is 0.316. The van der Waals surface area contributed by atoms with Gasteiger partial charge in [-0.15, -0.1) is 0 Å². The smallest absolute Gasteiger partial charge is 0.251 e. The number of amides is 1. The molecule has 0 saturated heterocycles. The highest BCUT2D eigenvalue weighted by atomic mass is 16.1. The summed E-state index contributed by atoms with van der Waals surface area (Å²) in [6.07, 6.45) is 2.31. The highest BCUT2D eigenvalue weighted by Gasteiger charge is 2.41. The number of benzene rings is 2. The Kier molecular flexibility index (Phi) is 3.99. The lowest BCUT2D eigenvalue weighted by atomic mass is 9.95. The van der Waals surface area contributed by atoms with Crippen LogP contribution in [-0.2, 0) is 0 Å². The van der Waals surface area contributed by atoms with Crippen LogP contribution >= 0.6 is 0 Å². The Bertz CT molecular complexity index is 647. The molecular weight excluding hydrogens is 272 g/mol. The maximum atomic E-state index is 12.4. The van der Waals surface area contributed by atoms with Gasteiger partial charge in [0.25, 0.3) is 5.91 Å². The van der Waals surface area contributed by atoms with Crippen LogP contribution in [0.25, 0.3) is 11.1 Å². The molecule has 0 aliphatic heterocycles. The topological polar surface area (TPSA) is 55.1 Å². The van der Waals surface area contributed by atoms with Gasteiger partial charge >= 0.3 is 0 Å². The van der Waals surface area contributed by atoms with E-state index in [2.05, 4.69) is 17.4 Å². The van der Waals surface area contributed by atoms with Crippen LogP contribution in [0.1, 0.15) is 30.1 Å². The molecule has 3 nitrogen and oxygen atoms in total. The molecule has 3 rings (SSSR count). The highest BCUT2D eigenvalue weighted by Crippen LogP contribution is 2.39. The van der Waals surface area contributed by atoms with Crippen molar-refractivity contribution in [2.45, 2.75) is 25.3 Å². The summed E-state index contributed by atoms with van der Waals surface area (Å²) in [6.45, 7) is 2.52. The third-order valence-electron chi connectivity index (χ3n) is 4.56. The van der Waals surface area contributed by atoms with Gasteiger partial charge in [-0.2, -0.15) is 0 Å². The Morgan fingerprint density at radius 3 is 2.23 bits per heavy atom. The molecular formula is C19H22N2O. The highest BCUT2D eigenvalue weighted by molar-refractivity contribution is 5.95. The first-order valence-corrected chi connectivity index (χ1v) is 7.80. The monoisotopic (exact) mass is 294 g/mol. The largest absolute Gasteiger partial charge is 0.345 e. The molecule has 1 aliphatic carbocycles. The minimum Gasteiger partial charge on any atom is -0.345 e. The molecule has 0 aromatic heterocycles. The second kappa shape index (κ2) is 5.93. The molecule has 1 saturated carbocycles. The average molecular weight is 294 g/mol. The molecule has 0 spiro atoms. The first-order valence-electron chi connectivity index (χ1n) is 7.80. The van der Waals surface area contributed by atoms with Gasteiger partial charge in [0.05, 0.1) is 5.54 Å². The maximum Gasteiger partial charge on any atom is 0.251 e. The van der Waals surface area contributed by atoms with E-state index in [0.29, 0.717) is 18.0 Å². The molecule has 1 unspecified atom stereocenters. The number of hydrogen-bond donors (Lipinski definition) is 2. The van der Waals surface area contributed by atoms with Crippen molar-refractivity contribution in [3.8, 4) is 11.1 Å². The summed E-state index contributed by atoms with van der Waals surface area (Å²) in [7, 11) is 0. The molecule has 2 aromatic carbocycles. The molecule has 0 bridgehead atoms. The Morgan fingerprint density at radius 2 is 1.68 bits per heavy atom. The third-order valence-corrected chi connectivity index (χ3v) is 4.56. The Hall–Kier alpha value is -2.13. The molecule has 0 radical (unpaired) electrons. The second-order valence-corrected chi connectivity index (χ2v) is 6.29. The zero-order valence-corrected chi connectivity index (χ0v) is 12.9. The van der Waals surface area contributed by atoms with Crippen molar-refractivity contribution >= 4 is 5.91 Å². The summed E-state index contributed by atoms with van der Waals surface area (Å²) in [5.41, 5.74) is 8.52. The number of rotatable bonds is 5. The Morgan fingerprint density at radius 1 is 1.09 bits per heavy atom. The normalized spacial score (nSPS) is 16.8. The number of carbonyl (C=O) groups excluding carboxylic acids is 1. The molecule has 2 aromatic rings. The van der Waals surface area contributed by atoms with E-state index in [-0.39, 0.29) is 11.4 Å². The van der Waals surface area contributed by atoms with Gasteiger partial charge in [-0.3, -0.25) is 4.79 Å². The Balaban J connectivity index is 1.74. The maximum absolute atomic E-state index is 12.4. The lowest BCUT2D eigenvalue weighted by molar-refractivity contribution is 0.0898. The zero-order chi connectivity index (χ0) is 15.6. The average Bonchev–Trinajstić information content (AvgIpc) is 3.41. The van der Waals surface area contributed by atoms with Crippen molar-refractivity contribution in [3.05, 3.63) is 60.2 Å². The van der Waals surface area contributed by atoms with E-state index in [4.69, 9.17) is 5.73 Å². The van der Waals surface area contributed by atoms with Crippen molar-refractivity contribution in [3.63, 3.8) is 0 Å². The third kappa shape index (κ3) is 3.04. The fourth-order valence-electron chi connectivity index (χ4n) is 2.82. The fourth-order valence-corrected chi connectivity index (χ4v) is 2.82. The van der Waals surface area contributed by atoms with Crippen LogP contribution < -0.4 is 11.1 Å². The molecule has 0 heterocycles. The molecule has 114 valence electrons. The molecule has 1 amide bonds. The van der Waals surface area contributed by atoms with E-state index in [1.807, 2.05) is 49.4 Å². The summed E-state index contributed by atoms with van der Waals surface area (Å²) >= 11 is 0. The van der Waals surface area contributed by atoms with Crippen LogP contribution in [0, 0.1) is 5.92 Å². The van der Waals surface area contributed by atoms with Gasteiger partial charge in [0.1, 0.15) is 0 Å². The lowest BCUT2D eigenvalue weighted by Gasteiger charge is -2.29. The zero-order valence-electron chi connectivity index (χ0n) is 12.9. The van der Waals surface area contributed by atoms with Crippen LogP contribution in [0.2, 0.25) is 0 Å². The van der Waals surface area contributed by atoms with Crippen LogP contribution in [0.15, 0.2) is 54.6 Å². The van der Waals surface area contributed by atoms with Crippen LogP contribution in [-0.4, -0.2) is 18.0 Å². The SMILES string of the molecule is CC(CN)(NC(=O)c1ccc(-c2ccccc2)cc1)C1CC1. The van der Waals surface area contributed by atoms with E-state index in [1.54, 1.807) is 0 Å². The second-order valence-electron chi connectivity index (χ2n) is 6.29. The van der Waals surface area contributed by atoms with E-state index in [0.717, 1.165) is 24.0 Å². The summed E-state index contributed by atoms with van der Waals surface area (Å²) in [5, 5.41) is 3.12. The first-order chi connectivity index (χ1) is 10.6. The summed E-state index contributed by atoms with van der Waals surface area (Å²) < 4.78 is 0. The number of carbonyl (C=O) groups is 1. The molecule has 1 aliphatic rings. The van der Waals surface area contributed by atoms with Gasteiger partial charge in [-0.1, -0.05) is 42.5 Å². The standard InChI is InChI=1S/C19H22N2O/c1-19(13-20,17-11-12-17)21-18(22)16-9-7-15(8-10-16)14-5-3-2-4-6-14/h2-10,17H,11-13,20H2,1H3,(H,21,22). The van der Waals surface area contributed by atoms with Gasteiger partial charge in [0.2, 0.25) is 0 Å². The number of nitrogens with one attached hydrogen (secondary N) is 1. The van der Waals surface area contributed by atoms with E-state index in [9.17, 15) is 4.79 Å². The summed E-state index contributed by atoms with van der Waals surface area (Å²) in [4.78, 5) is 12.4. The van der Waals surface area contributed by atoms with E-state index in [1.165, 1.54) is 0 Å². The van der Waals surface area contributed by atoms with Crippen LogP contribution in [0.3, 0.4) is 0 Å². The minimum atomic E-state index is -0.283. The quantitative estimate of drug-likeness (QED) is 0.889. The number of nitrogens with two attached hydrogens (primary N) is 1. The predicted molar refractivity (Wildman–Crippen MR) is 89.5 cm³/mol. The van der Waals surface area contributed by atoms with Gasteiger partial charge in [-0.05, 0) is 48.9 Å². The molecule has 3 N–H and O–H groups in total.